The molecule has 0 bridgehead atoms. The summed E-state index contributed by atoms with van der Waals surface area (Å²) in [6.07, 6.45) is 7.39. The highest BCUT2D eigenvalue weighted by Crippen LogP contribution is 2.45. The van der Waals surface area contributed by atoms with Crippen LogP contribution < -0.4 is 0 Å². The monoisotopic (exact) mass is 693 g/mol. The summed E-state index contributed by atoms with van der Waals surface area (Å²) in [5, 5.41) is 6.64. The molecule has 5 aromatic carbocycles. The normalized spacial score (nSPS) is 11.5. The Balaban J connectivity index is 1.30. The van der Waals surface area contributed by atoms with Gasteiger partial charge in [0.2, 0.25) is 0 Å². The van der Waals surface area contributed by atoms with Crippen LogP contribution in [0.25, 0.3) is 100 Å². The van der Waals surface area contributed by atoms with E-state index < -0.39 is 0 Å². The van der Waals surface area contributed by atoms with Crippen molar-refractivity contribution in [1.29, 1.82) is 0 Å². The number of para-hydroxylation sites is 1. The first-order valence-electron chi connectivity index (χ1n) is 17.9. The standard InChI is InChI=1S/C47H31N7/c1-28-39-35-19-9-10-20-37(35)50-43(33-17-11-23-48-26-33)41(39)29(2)40-36-22-21-32(25-38(36)51-44(42(28)40)34-18-12-24-49-27-34)47-53-45(30-13-5-3-6-14-30)52-46(54-47)31-15-7-4-8-16-31/h3-27H,1-2H3. The van der Waals surface area contributed by atoms with Crippen LogP contribution in [0.4, 0.5) is 0 Å². The third-order valence-electron chi connectivity index (χ3n) is 10.2. The van der Waals surface area contributed by atoms with Gasteiger partial charge >= 0.3 is 0 Å². The SMILES string of the molecule is Cc1c2c(-c3cccnc3)nc3cc(-c4nc(-c5ccccc5)nc(-c5ccccc5)n4)ccc3c2c(C)c2c(-c3cccnc3)nc3ccccc3c12. The molecule has 10 rings (SSSR count). The summed E-state index contributed by atoms with van der Waals surface area (Å²) >= 11 is 0. The first-order valence-corrected chi connectivity index (χ1v) is 17.9. The molecule has 0 fully saturated rings. The predicted octanol–water partition coefficient (Wildman–Crippen LogP) is 11.0. The van der Waals surface area contributed by atoms with Gasteiger partial charge in [-0.2, -0.15) is 0 Å². The molecule has 0 saturated heterocycles. The van der Waals surface area contributed by atoms with Crippen LogP contribution in [0.3, 0.4) is 0 Å². The second kappa shape index (κ2) is 12.8. The molecule has 0 amide bonds. The minimum absolute atomic E-state index is 0.579. The lowest BCUT2D eigenvalue weighted by atomic mass is 9.86. The van der Waals surface area contributed by atoms with Crippen molar-refractivity contribution < 1.29 is 0 Å². The fraction of sp³-hybridized carbons (Fsp3) is 0.0426. The maximum absolute atomic E-state index is 5.45. The average Bonchev–Trinajstić information content (AvgIpc) is 3.25. The van der Waals surface area contributed by atoms with E-state index in [0.717, 1.165) is 88.3 Å². The van der Waals surface area contributed by atoms with Crippen molar-refractivity contribution in [2.24, 2.45) is 0 Å². The maximum atomic E-state index is 5.45. The van der Waals surface area contributed by atoms with Gasteiger partial charge in [-0.15, -0.1) is 0 Å². The molecule has 0 aliphatic heterocycles. The highest BCUT2D eigenvalue weighted by Gasteiger charge is 2.23. The minimum atomic E-state index is 0.579. The van der Waals surface area contributed by atoms with Crippen molar-refractivity contribution >= 4 is 43.4 Å². The van der Waals surface area contributed by atoms with Crippen LogP contribution in [0.1, 0.15) is 11.1 Å². The molecule has 5 heterocycles. The molecule has 0 unspecified atom stereocenters. The Morgan fingerprint density at radius 2 is 0.815 bits per heavy atom. The predicted molar refractivity (Wildman–Crippen MR) is 218 cm³/mol. The smallest absolute Gasteiger partial charge is 0.164 e. The Labute approximate surface area is 311 Å². The van der Waals surface area contributed by atoms with Crippen molar-refractivity contribution in [2.45, 2.75) is 13.8 Å². The minimum Gasteiger partial charge on any atom is -0.264 e. The molecule has 54 heavy (non-hydrogen) atoms. The Morgan fingerprint density at radius 3 is 1.35 bits per heavy atom. The lowest BCUT2D eigenvalue weighted by Gasteiger charge is -2.21. The van der Waals surface area contributed by atoms with Crippen LogP contribution in [-0.2, 0) is 0 Å². The maximum Gasteiger partial charge on any atom is 0.164 e. The molecule has 0 radical (unpaired) electrons. The molecule has 0 spiro atoms. The van der Waals surface area contributed by atoms with E-state index in [0.29, 0.717) is 17.5 Å². The van der Waals surface area contributed by atoms with E-state index in [-0.39, 0.29) is 0 Å². The molecule has 0 aliphatic carbocycles. The van der Waals surface area contributed by atoms with E-state index in [1.165, 1.54) is 5.39 Å². The van der Waals surface area contributed by atoms with E-state index >= 15 is 0 Å². The van der Waals surface area contributed by atoms with Crippen LogP contribution in [0, 0.1) is 13.8 Å². The lowest BCUT2D eigenvalue weighted by molar-refractivity contribution is 1.07. The molecular weight excluding hydrogens is 663 g/mol. The van der Waals surface area contributed by atoms with E-state index in [2.05, 4.69) is 72.3 Å². The summed E-state index contributed by atoms with van der Waals surface area (Å²) in [5.74, 6) is 1.81. The Bertz CT molecular complexity index is 2980. The van der Waals surface area contributed by atoms with Crippen LogP contribution in [-0.4, -0.2) is 34.9 Å². The Morgan fingerprint density at radius 1 is 0.352 bits per heavy atom. The number of aromatic nitrogens is 7. The average molecular weight is 694 g/mol. The largest absolute Gasteiger partial charge is 0.264 e. The van der Waals surface area contributed by atoms with Gasteiger partial charge in [0, 0.05) is 74.1 Å². The number of nitrogens with zero attached hydrogens (tertiary/aromatic N) is 7. The summed E-state index contributed by atoms with van der Waals surface area (Å²) in [6.45, 7) is 4.43. The summed E-state index contributed by atoms with van der Waals surface area (Å²) < 4.78 is 0. The number of rotatable bonds is 5. The third kappa shape index (κ3) is 5.17. The van der Waals surface area contributed by atoms with Crippen molar-refractivity contribution in [3.8, 4) is 56.7 Å². The summed E-state index contributed by atoms with van der Waals surface area (Å²) in [4.78, 5) is 34.7. The zero-order chi connectivity index (χ0) is 36.2. The van der Waals surface area contributed by atoms with Crippen LogP contribution in [0.15, 0.2) is 152 Å². The Kier molecular flexibility index (Phi) is 7.44. The first kappa shape index (κ1) is 31.5. The van der Waals surface area contributed by atoms with Gasteiger partial charge in [-0.3, -0.25) is 9.97 Å². The van der Waals surface area contributed by atoms with Crippen LogP contribution in [0.5, 0.6) is 0 Å². The zero-order valence-corrected chi connectivity index (χ0v) is 29.6. The van der Waals surface area contributed by atoms with E-state index in [4.69, 9.17) is 24.9 Å². The van der Waals surface area contributed by atoms with Crippen LogP contribution >= 0.6 is 0 Å². The molecule has 7 nitrogen and oxygen atoms in total. The highest BCUT2D eigenvalue weighted by molar-refractivity contribution is 6.25. The molecule has 10 aromatic rings. The first-order chi connectivity index (χ1) is 26.6. The molecule has 0 atom stereocenters. The van der Waals surface area contributed by atoms with Gasteiger partial charge in [-0.1, -0.05) is 91.0 Å². The van der Waals surface area contributed by atoms with E-state index in [1.54, 1.807) is 12.4 Å². The second-order valence-electron chi connectivity index (χ2n) is 13.4. The molecule has 254 valence electrons. The third-order valence-corrected chi connectivity index (χ3v) is 10.2. The summed E-state index contributed by atoms with van der Waals surface area (Å²) in [5.41, 5.74) is 10.4. The van der Waals surface area contributed by atoms with Crippen molar-refractivity contribution in [1.82, 2.24) is 34.9 Å². The zero-order valence-electron chi connectivity index (χ0n) is 29.6. The molecular formula is C47H31N7. The van der Waals surface area contributed by atoms with Gasteiger partial charge in [0.25, 0.3) is 0 Å². The molecule has 0 aliphatic rings. The number of hydrogen-bond acceptors (Lipinski definition) is 7. The molecule has 7 heteroatoms. The topological polar surface area (TPSA) is 90.2 Å². The summed E-state index contributed by atoms with van der Waals surface area (Å²) in [7, 11) is 0. The van der Waals surface area contributed by atoms with Gasteiger partial charge < -0.3 is 0 Å². The van der Waals surface area contributed by atoms with Crippen LogP contribution in [0.2, 0.25) is 0 Å². The number of pyridine rings is 4. The molecule has 0 N–H and O–H groups in total. The van der Waals surface area contributed by atoms with Gasteiger partial charge in [0.1, 0.15) is 0 Å². The van der Waals surface area contributed by atoms with Gasteiger partial charge in [-0.25, -0.2) is 24.9 Å². The molecule has 5 aromatic heterocycles. The number of aryl methyl sites for hydroxylation is 2. The van der Waals surface area contributed by atoms with E-state index in [9.17, 15) is 0 Å². The highest BCUT2D eigenvalue weighted by atomic mass is 15.0. The van der Waals surface area contributed by atoms with E-state index in [1.807, 2.05) is 91.3 Å². The van der Waals surface area contributed by atoms with Gasteiger partial charge in [-0.05, 0) is 72.1 Å². The fourth-order valence-electron chi connectivity index (χ4n) is 7.74. The van der Waals surface area contributed by atoms with Crippen molar-refractivity contribution in [2.75, 3.05) is 0 Å². The van der Waals surface area contributed by atoms with Gasteiger partial charge in [0.15, 0.2) is 17.5 Å². The molecule has 0 saturated carbocycles. The number of hydrogen-bond donors (Lipinski definition) is 0. The summed E-state index contributed by atoms with van der Waals surface area (Å²) in [6, 6.07) is 42.9. The number of fused-ring (bicyclic) bond motifs is 6. The number of benzene rings is 5. The fourth-order valence-corrected chi connectivity index (χ4v) is 7.74. The van der Waals surface area contributed by atoms with Crippen molar-refractivity contribution in [3.05, 3.63) is 163 Å². The quantitative estimate of drug-likeness (QED) is 0.131. The van der Waals surface area contributed by atoms with Gasteiger partial charge in [0.05, 0.1) is 22.4 Å². The van der Waals surface area contributed by atoms with Crippen molar-refractivity contribution in [3.63, 3.8) is 0 Å². The lowest BCUT2D eigenvalue weighted by Crippen LogP contribution is -2.01. The Hall–Kier alpha value is -7.25. The second-order valence-corrected chi connectivity index (χ2v) is 13.4.